The van der Waals surface area contributed by atoms with Crippen molar-refractivity contribution in [3.63, 3.8) is 0 Å². The van der Waals surface area contributed by atoms with Crippen molar-refractivity contribution in [3.8, 4) is 0 Å². The van der Waals surface area contributed by atoms with Gasteiger partial charge in [-0.1, -0.05) is 33.1 Å². The third-order valence-electron chi connectivity index (χ3n) is 7.24. The Morgan fingerprint density at radius 1 is 1.12 bits per heavy atom. The number of carbonyl (C=O) groups is 1. The maximum atomic E-state index is 13.1. The first-order valence-corrected chi connectivity index (χ1v) is 9.55. The van der Waals surface area contributed by atoms with Crippen molar-refractivity contribution in [1.29, 1.82) is 0 Å². The number of hydrogen-bond acceptors (Lipinski definition) is 3. The van der Waals surface area contributed by atoms with Crippen LogP contribution in [0, 0.1) is 10.8 Å². The van der Waals surface area contributed by atoms with Crippen molar-refractivity contribution in [3.05, 3.63) is 0 Å². The number of nitrogens with zero attached hydrogens (tertiary/aromatic N) is 1. The number of ether oxygens (including phenoxy) is 1. The summed E-state index contributed by atoms with van der Waals surface area (Å²) >= 11 is 0. The third kappa shape index (κ3) is 3.10. The lowest BCUT2D eigenvalue weighted by atomic mass is 9.54. The number of piperidine rings is 1. The molecule has 24 heavy (non-hydrogen) atoms. The first kappa shape index (κ1) is 20.0. The normalized spacial score (nSPS) is 34.3. The van der Waals surface area contributed by atoms with Gasteiger partial charge in [0.05, 0.1) is 6.10 Å². The Labute approximate surface area is 153 Å². The molecule has 140 valence electrons. The number of amides is 1. The average molecular weight is 359 g/mol. The molecule has 1 saturated heterocycles. The van der Waals surface area contributed by atoms with Gasteiger partial charge in [-0.3, -0.25) is 4.79 Å². The Kier molecular flexibility index (Phi) is 5.94. The van der Waals surface area contributed by atoms with Gasteiger partial charge in [-0.2, -0.15) is 0 Å². The summed E-state index contributed by atoms with van der Waals surface area (Å²) in [7, 11) is 0. The molecule has 4 nitrogen and oxygen atoms in total. The van der Waals surface area contributed by atoms with E-state index in [1.165, 1.54) is 44.9 Å². The zero-order chi connectivity index (χ0) is 16.7. The summed E-state index contributed by atoms with van der Waals surface area (Å²) in [4.78, 5) is 15.1. The first-order chi connectivity index (χ1) is 10.8. The summed E-state index contributed by atoms with van der Waals surface area (Å²) in [6, 6.07) is 0. The highest BCUT2D eigenvalue weighted by Gasteiger charge is 2.64. The molecule has 2 aliphatic carbocycles. The summed E-state index contributed by atoms with van der Waals surface area (Å²) in [5.41, 5.74) is 6.08. The molecule has 0 radical (unpaired) electrons. The molecule has 0 bridgehead atoms. The predicted molar refractivity (Wildman–Crippen MR) is 99.3 cm³/mol. The number of halogens is 1. The van der Waals surface area contributed by atoms with Crippen molar-refractivity contribution in [2.75, 3.05) is 19.7 Å². The second-order valence-electron chi connectivity index (χ2n) is 8.69. The lowest BCUT2D eigenvalue weighted by molar-refractivity contribution is -0.181. The third-order valence-corrected chi connectivity index (χ3v) is 7.24. The maximum absolute atomic E-state index is 13.1. The van der Waals surface area contributed by atoms with Gasteiger partial charge in [0, 0.05) is 31.5 Å². The average Bonchev–Trinajstić information content (AvgIpc) is 2.55. The fourth-order valence-corrected chi connectivity index (χ4v) is 5.07. The standard InChI is InChI=1S/C19H34N2O2.ClH/c1-4-23-15-14-19(20,17(15,2)3)16(22)21-12-10-18(11-13-21)8-6-5-7-9-18;/h15H,4-14,20H2,1-3H3;1H. The topological polar surface area (TPSA) is 55.6 Å². The van der Waals surface area contributed by atoms with Crippen molar-refractivity contribution in [2.45, 2.75) is 83.8 Å². The molecule has 3 rings (SSSR count). The smallest absolute Gasteiger partial charge is 0.243 e. The second-order valence-corrected chi connectivity index (χ2v) is 8.69. The Morgan fingerprint density at radius 3 is 2.21 bits per heavy atom. The van der Waals surface area contributed by atoms with Crippen LogP contribution in [-0.2, 0) is 9.53 Å². The van der Waals surface area contributed by atoms with Gasteiger partial charge in [0.25, 0.3) is 0 Å². The molecule has 3 aliphatic rings. The number of carbonyl (C=O) groups excluding carboxylic acids is 1. The number of hydrogen-bond donors (Lipinski definition) is 1. The van der Waals surface area contributed by atoms with E-state index in [4.69, 9.17) is 10.5 Å². The van der Waals surface area contributed by atoms with Crippen LogP contribution in [0.3, 0.4) is 0 Å². The van der Waals surface area contributed by atoms with Crippen LogP contribution in [0.2, 0.25) is 0 Å². The molecule has 1 aliphatic heterocycles. The van der Waals surface area contributed by atoms with Crippen LogP contribution in [0.4, 0.5) is 0 Å². The van der Waals surface area contributed by atoms with Gasteiger partial charge in [-0.25, -0.2) is 0 Å². The Balaban J connectivity index is 0.00000208. The van der Waals surface area contributed by atoms with Gasteiger partial charge in [0.2, 0.25) is 5.91 Å². The van der Waals surface area contributed by atoms with Gasteiger partial charge in [-0.05, 0) is 38.0 Å². The maximum Gasteiger partial charge on any atom is 0.243 e. The molecular formula is C19H35ClN2O2. The highest BCUT2D eigenvalue weighted by molar-refractivity contribution is 5.89. The molecular weight excluding hydrogens is 324 g/mol. The molecule has 2 saturated carbocycles. The number of likely N-dealkylation sites (tertiary alicyclic amines) is 1. The van der Waals surface area contributed by atoms with Crippen molar-refractivity contribution in [2.24, 2.45) is 16.6 Å². The quantitative estimate of drug-likeness (QED) is 0.839. The lowest BCUT2D eigenvalue weighted by Crippen LogP contribution is -2.76. The fourth-order valence-electron chi connectivity index (χ4n) is 5.07. The number of nitrogens with two attached hydrogens (primary N) is 1. The Morgan fingerprint density at radius 2 is 1.71 bits per heavy atom. The minimum Gasteiger partial charge on any atom is -0.378 e. The molecule has 0 aromatic heterocycles. The molecule has 0 aromatic carbocycles. The molecule has 5 heteroatoms. The fraction of sp³-hybridized carbons (Fsp3) is 0.947. The molecule has 2 N–H and O–H groups in total. The zero-order valence-corrected chi connectivity index (χ0v) is 16.4. The molecule has 0 aromatic rings. The highest BCUT2D eigenvalue weighted by Crippen LogP contribution is 2.51. The van der Waals surface area contributed by atoms with E-state index in [9.17, 15) is 4.79 Å². The minimum atomic E-state index is -0.746. The molecule has 3 fully saturated rings. The number of rotatable bonds is 3. The zero-order valence-electron chi connectivity index (χ0n) is 15.6. The SMILES string of the molecule is CCOC1CC(N)(C(=O)N2CCC3(CCCCC3)CC2)C1(C)C.Cl. The van der Waals surface area contributed by atoms with Crippen LogP contribution in [0.1, 0.15) is 72.1 Å². The summed E-state index contributed by atoms with van der Waals surface area (Å²) < 4.78 is 5.77. The largest absolute Gasteiger partial charge is 0.378 e. The van der Waals surface area contributed by atoms with Crippen LogP contribution in [0.15, 0.2) is 0 Å². The van der Waals surface area contributed by atoms with E-state index in [-0.39, 0.29) is 29.8 Å². The van der Waals surface area contributed by atoms with E-state index in [0.29, 0.717) is 18.4 Å². The Hall–Kier alpha value is -0.320. The summed E-state index contributed by atoms with van der Waals surface area (Å²) in [5, 5.41) is 0. The second kappa shape index (κ2) is 7.13. The van der Waals surface area contributed by atoms with E-state index < -0.39 is 5.54 Å². The van der Waals surface area contributed by atoms with Crippen LogP contribution in [-0.4, -0.2) is 42.1 Å². The van der Waals surface area contributed by atoms with Crippen molar-refractivity contribution >= 4 is 18.3 Å². The van der Waals surface area contributed by atoms with Crippen molar-refractivity contribution in [1.82, 2.24) is 4.90 Å². The van der Waals surface area contributed by atoms with E-state index in [0.717, 1.165) is 13.1 Å². The van der Waals surface area contributed by atoms with Crippen LogP contribution >= 0.6 is 12.4 Å². The molecule has 2 atom stereocenters. The predicted octanol–water partition coefficient (Wildman–Crippen LogP) is 3.51. The van der Waals surface area contributed by atoms with Gasteiger partial charge in [0.15, 0.2) is 0 Å². The molecule has 1 amide bonds. The highest BCUT2D eigenvalue weighted by atomic mass is 35.5. The van der Waals surface area contributed by atoms with Crippen LogP contribution < -0.4 is 5.73 Å². The summed E-state index contributed by atoms with van der Waals surface area (Å²) in [6.45, 7) is 8.65. The van der Waals surface area contributed by atoms with E-state index in [2.05, 4.69) is 13.8 Å². The minimum absolute atomic E-state index is 0. The molecule has 1 heterocycles. The van der Waals surface area contributed by atoms with E-state index in [1.54, 1.807) is 0 Å². The summed E-state index contributed by atoms with van der Waals surface area (Å²) in [6.07, 6.45) is 9.97. The van der Waals surface area contributed by atoms with E-state index >= 15 is 0 Å². The monoisotopic (exact) mass is 358 g/mol. The van der Waals surface area contributed by atoms with Gasteiger partial charge < -0.3 is 15.4 Å². The van der Waals surface area contributed by atoms with Gasteiger partial charge in [-0.15, -0.1) is 12.4 Å². The van der Waals surface area contributed by atoms with E-state index in [1.807, 2.05) is 11.8 Å². The van der Waals surface area contributed by atoms with Crippen LogP contribution in [0.25, 0.3) is 0 Å². The molecule has 1 spiro atoms. The summed E-state index contributed by atoms with van der Waals surface area (Å²) in [5.74, 6) is 0.157. The lowest BCUT2D eigenvalue weighted by Gasteiger charge is -2.59. The van der Waals surface area contributed by atoms with Crippen molar-refractivity contribution < 1.29 is 9.53 Å². The molecule has 2 unspecified atom stereocenters. The van der Waals surface area contributed by atoms with Gasteiger partial charge in [0.1, 0.15) is 5.54 Å². The first-order valence-electron chi connectivity index (χ1n) is 9.55. The van der Waals surface area contributed by atoms with Gasteiger partial charge >= 0.3 is 0 Å². The Bertz CT molecular complexity index is 452. The van der Waals surface area contributed by atoms with Crippen LogP contribution in [0.5, 0.6) is 0 Å².